The lowest BCUT2D eigenvalue weighted by Gasteiger charge is -2.13. The number of nitrogens with two attached hydrogens (primary N) is 1. The number of carbonyl (C=O) groups excluding carboxylic acids is 1. The zero-order valence-electron chi connectivity index (χ0n) is 16.5. The quantitative estimate of drug-likeness (QED) is 0.342. The number of rotatable bonds is 4. The number of halogens is 4. The highest BCUT2D eigenvalue weighted by molar-refractivity contribution is 6.05. The van der Waals surface area contributed by atoms with Gasteiger partial charge in [-0.2, -0.15) is 13.2 Å². The van der Waals surface area contributed by atoms with E-state index in [-0.39, 0.29) is 23.1 Å². The number of alkyl halides is 3. The number of hydrogen-bond acceptors (Lipinski definition) is 6. The Morgan fingerprint density at radius 1 is 1.00 bits per heavy atom. The van der Waals surface area contributed by atoms with E-state index in [0.717, 1.165) is 12.1 Å². The van der Waals surface area contributed by atoms with Gasteiger partial charge in [0.05, 0.1) is 22.2 Å². The number of nitrogen functional groups attached to an aromatic ring is 1. The summed E-state index contributed by atoms with van der Waals surface area (Å²) in [5, 5.41) is 5.82. The van der Waals surface area contributed by atoms with Crippen LogP contribution < -0.4 is 21.9 Å². The number of anilines is 4. The molecule has 2 heterocycles. The van der Waals surface area contributed by atoms with Crippen molar-refractivity contribution in [2.24, 2.45) is 0 Å². The molecule has 5 N–H and O–H groups in total. The van der Waals surface area contributed by atoms with Crippen molar-refractivity contribution in [3.05, 3.63) is 82.2 Å². The summed E-state index contributed by atoms with van der Waals surface area (Å²) < 4.78 is 52.7. The topological polar surface area (TPSA) is 126 Å². The normalized spacial score (nSPS) is 11.4. The average Bonchev–Trinajstić information content (AvgIpc) is 2.76. The minimum atomic E-state index is -4.89. The zero-order chi connectivity index (χ0) is 23.8. The monoisotopic (exact) mass is 458 g/mol. The lowest BCUT2D eigenvalue weighted by Crippen LogP contribution is -2.19. The summed E-state index contributed by atoms with van der Waals surface area (Å²) in [6.45, 7) is 0. The maximum Gasteiger partial charge on any atom is 0.417 e. The Hall–Kier alpha value is -4.48. The molecule has 1 amide bonds. The van der Waals surface area contributed by atoms with E-state index < -0.39 is 34.6 Å². The first kappa shape index (κ1) is 21.7. The average molecular weight is 458 g/mol. The Morgan fingerprint density at radius 3 is 2.39 bits per heavy atom. The molecule has 8 nitrogen and oxygen atoms in total. The SMILES string of the molecule is Nc1cc2c(Nc3ccc(NC(=O)c4ccc(F)cc4C(F)(F)F)cc3)ncnc2[nH]c1=O. The number of aromatic nitrogens is 3. The second kappa shape index (κ2) is 8.22. The predicted molar refractivity (Wildman–Crippen MR) is 114 cm³/mol. The number of carbonyl (C=O) groups is 1. The van der Waals surface area contributed by atoms with Crippen LogP contribution in [0.3, 0.4) is 0 Å². The minimum Gasteiger partial charge on any atom is -0.394 e. The van der Waals surface area contributed by atoms with E-state index >= 15 is 0 Å². The molecule has 0 atom stereocenters. The molecule has 0 aliphatic rings. The molecule has 0 fully saturated rings. The molecule has 12 heteroatoms. The fourth-order valence-electron chi connectivity index (χ4n) is 3.05. The second-order valence-corrected chi connectivity index (χ2v) is 6.88. The van der Waals surface area contributed by atoms with Gasteiger partial charge < -0.3 is 21.4 Å². The Kier molecular flexibility index (Phi) is 5.42. The highest BCUT2D eigenvalue weighted by Crippen LogP contribution is 2.33. The molecule has 2 aromatic heterocycles. The van der Waals surface area contributed by atoms with Gasteiger partial charge in [-0.25, -0.2) is 14.4 Å². The van der Waals surface area contributed by atoms with Crippen LogP contribution in [0.2, 0.25) is 0 Å². The highest BCUT2D eigenvalue weighted by atomic mass is 19.4. The summed E-state index contributed by atoms with van der Waals surface area (Å²) in [5.74, 6) is -1.79. The summed E-state index contributed by atoms with van der Waals surface area (Å²) in [4.78, 5) is 34.6. The summed E-state index contributed by atoms with van der Waals surface area (Å²) in [6, 6.07) is 9.26. The fraction of sp³-hybridized carbons (Fsp3) is 0.0476. The first-order chi connectivity index (χ1) is 15.6. The Morgan fingerprint density at radius 2 is 1.70 bits per heavy atom. The smallest absolute Gasteiger partial charge is 0.394 e. The third-order valence-corrected chi connectivity index (χ3v) is 4.62. The van der Waals surface area contributed by atoms with Crippen LogP contribution in [0, 0.1) is 5.82 Å². The Bertz CT molecular complexity index is 1420. The number of amides is 1. The summed E-state index contributed by atoms with van der Waals surface area (Å²) in [6.07, 6.45) is -3.65. The first-order valence-corrected chi connectivity index (χ1v) is 9.30. The number of aromatic amines is 1. The van der Waals surface area contributed by atoms with Gasteiger partial charge in [0.25, 0.3) is 11.5 Å². The van der Waals surface area contributed by atoms with Crippen molar-refractivity contribution >= 4 is 39.8 Å². The van der Waals surface area contributed by atoms with Crippen LogP contribution in [0.25, 0.3) is 11.0 Å². The van der Waals surface area contributed by atoms with Gasteiger partial charge in [0.2, 0.25) is 0 Å². The molecule has 0 saturated heterocycles. The number of benzene rings is 2. The molecule has 0 aliphatic carbocycles. The maximum atomic E-state index is 13.3. The number of nitrogens with zero attached hydrogens (tertiary/aromatic N) is 2. The molecule has 0 aliphatic heterocycles. The van der Waals surface area contributed by atoms with Crippen LogP contribution >= 0.6 is 0 Å². The highest BCUT2D eigenvalue weighted by Gasteiger charge is 2.35. The van der Waals surface area contributed by atoms with E-state index in [9.17, 15) is 27.2 Å². The van der Waals surface area contributed by atoms with Gasteiger partial charge in [0, 0.05) is 11.4 Å². The van der Waals surface area contributed by atoms with Crippen molar-refractivity contribution in [2.45, 2.75) is 6.18 Å². The van der Waals surface area contributed by atoms with E-state index in [4.69, 9.17) is 5.73 Å². The van der Waals surface area contributed by atoms with Crippen molar-refractivity contribution in [2.75, 3.05) is 16.4 Å². The van der Waals surface area contributed by atoms with E-state index in [1.54, 1.807) is 12.1 Å². The van der Waals surface area contributed by atoms with Gasteiger partial charge >= 0.3 is 6.18 Å². The van der Waals surface area contributed by atoms with Crippen LogP contribution in [0.5, 0.6) is 0 Å². The Labute approximate surface area is 182 Å². The van der Waals surface area contributed by atoms with Gasteiger partial charge in [-0.3, -0.25) is 9.59 Å². The minimum absolute atomic E-state index is 0.0163. The van der Waals surface area contributed by atoms with Crippen LogP contribution in [-0.2, 0) is 6.18 Å². The molecule has 4 aromatic rings. The fourth-order valence-corrected chi connectivity index (χ4v) is 3.05. The third-order valence-electron chi connectivity index (χ3n) is 4.62. The number of H-pyrrole nitrogens is 1. The maximum absolute atomic E-state index is 13.3. The van der Waals surface area contributed by atoms with Crippen LogP contribution in [0.4, 0.5) is 40.4 Å². The van der Waals surface area contributed by atoms with Crippen LogP contribution in [-0.4, -0.2) is 20.9 Å². The molecule has 0 spiro atoms. The molecule has 0 radical (unpaired) electrons. The molecule has 33 heavy (non-hydrogen) atoms. The summed E-state index contributed by atoms with van der Waals surface area (Å²) in [7, 11) is 0. The van der Waals surface area contributed by atoms with Crippen molar-refractivity contribution < 1.29 is 22.4 Å². The van der Waals surface area contributed by atoms with Crippen LogP contribution in [0.15, 0.2) is 59.7 Å². The molecule has 4 rings (SSSR count). The van der Waals surface area contributed by atoms with Crippen molar-refractivity contribution in [3.8, 4) is 0 Å². The van der Waals surface area contributed by atoms with Crippen LogP contribution in [0.1, 0.15) is 15.9 Å². The molecule has 0 saturated carbocycles. The molecule has 0 bridgehead atoms. The number of hydrogen-bond donors (Lipinski definition) is 4. The number of nitrogens with one attached hydrogen (secondary N) is 3. The lowest BCUT2D eigenvalue weighted by atomic mass is 10.1. The number of pyridine rings is 1. The molecule has 0 unspecified atom stereocenters. The third kappa shape index (κ3) is 4.59. The predicted octanol–water partition coefficient (Wildman–Crippen LogP) is 4.05. The number of fused-ring (bicyclic) bond motifs is 1. The van der Waals surface area contributed by atoms with E-state index in [1.165, 1.54) is 24.5 Å². The van der Waals surface area contributed by atoms with E-state index in [1.807, 2.05) is 0 Å². The van der Waals surface area contributed by atoms with Gasteiger partial charge in [0.15, 0.2) is 0 Å². The van der Waals surface area contributed by atoms with Gasteiger partial charge in [-0.05, 0) is 48.5 Å². The molecule has 2 aromatic carbocycles. The Balaban J connectivity index is 1.55. The molecular weight excluding hydrogens is 444 g/mol. The van der Waals surface area contributed by atoms with Gasteiger partial charge in [0.1, 0.15) is 23.6 Å². The van der Waals surface area contributed by atoms with Gasteiger partial charge in [-0.1, -0.05) is 0 Å². The largest absolute Gasteiger partial charge is 0.417 e. The summed E-state index contributed by atoms with van der Waals surface area (Å²) in [5.41, 5.74) is 4.09. The van der Waals surface area contributed by atoms with Crippen molar-refractivity contribution in [1.29, 1.82) is 0 Å². The second-order valence-electron chi connectivity index (χ2n) is 6.88. The molecule has 168 valence electrons. The van der Waals surface area contributed by atoms with E-state index in [0.29, 0.717) is 16.9 Å². The lowest BCUT2D eigenvalue weighted by molar-refractivity contribution is -0.138. The standard InChI is InChI=1S/C21H14F4N6O2/c22-10-1-6-13(15(7-10)21(23,24)25)19(32)30-12-4-2-11(3-5-12)29-17-14-8-16(26)20(33)31-18(14)28-9-27-17/h1-9H,26H2,(H,30,32)(H2,27,28,29,31,33). The van der Waals surface area contributed by atoms with E-state index in [2.05, 4.69) is 25.6 Å². The first-order valence-electron chi connectivity index (χ1n) is 9.30. The van der Waals surface area contributed by atoms with Crippen molar-refractivity contribution in [3.63, 3.8) is 0 Å². The van der Waals surface area contributed by atoms with Gasteiger partial charge in [-0.15, -0.1) is 0 Å². The van der Waals surface area contributed by atoms with Crippen molar-refractivity contribution in [1.82, 2.24) is 15.0 Å². The zero-order valence-corrected chi connectivity index (χ0v) is 16.5. The molecular formula is C21H14F4N6O2. The summed E-state index contributed by atoms with van der Waals surface area (Å²) >= 11 is 0.